The van der Waals surface area contributed by atoms with E-state index < -0.39 is 17.3 Å². The molecule has 2 unspecified atom stereocenters. The van der Waals surface area contributed by atoms with Gasteiger partial charge in [0, 0.05) is 5.92 Å². The Hall–Kier alpha value is -4.04. The van der Waals surface area contributed by atoms with Gasteiger partial charge in [-0.1, -0.05) is 72.8 Å². The molecule has 2 N–H and O–H groups in total. The van der Waals surface area contributed by atoms with Crippen LogP contribution in [-0.4, -0.2) is 45.6 Å². The molecule has 1 saturated heterocycles. The zero-order valence-electron chi connectivity index (χ0n) is 20.1. The van der Waals surface area contributed by atoms with Crippen LogP contribution < -0.4 is 10.1 Å². The van der Waals surface area contributed by atoms with Crippen LogP contribution in [0.3, 0.4) is 0 Å². The van der Waals surface area contributed by atoms with Crippen LogP contribution in [0.1, 0.15) is 34.9 Å². The third-order valence-corrected chi connectivity index (χ3v) is 7.91. The number of ether oxygens (including phenoxy) is 1. The maximum absolute atomic E-state index is 14.1. The van der Waals surface area contributed by atoms with Gasteiger partial charge in [-0.2, -0.15) is 0 Å². The standard InChI is InChI=1S/C29H26N2O5S/c1-36-21-14-8-13-20(15-21)27(26(18-9-4-2-5-10-18)19-11-6-3-7-12-19)28(33)30-23-16-22(29(34)35)31-24(32)17-25(31)37-23/h2-16,23,25-27H,17H2,1H3,(H,30,33)(H,34,35)/t23?,25-,27?/m1/s1. The molecule has 3 atom stereocenters. The van der Waals surface area contributed by atoms with E-state index in [-0.39, 0.29) is 35.2 Å². The van der Waals surface area contributed by atoms with Crippen LogP contribution in [0.2, 0.25) is 0 Å². The lowest BCUT2D eigenvalue weighted by Crippen LogP contribution is -2.56. The number of amides is 2. The van der Waals surface area contributed by atoms with Crippen molar-refractivity contribution in [2.24, 2.45) is 0 Å². The van der Waals surface area contributed by atoms with E-state index in [1.165, 1.54) is 22.7 Å². The molecule has 37 heavy (non-hydrogen) atoms. The number of hydrogen-bond acceptors (Lipinski definition) is 5. The Kier molecular flexibility index (Phi) is 7.01. The van der Waals surface area contributed by atoms with E-state index in [0.29, 0.717) is 5.75 Å². The van der Waals surface area contributed by atoms with E-state index in [0.717, 1.165) is 16.7 Å². The first-order valence-electron chi connectivity index (χ1n) is 11.9. The zero-order chi connectivity index (χ0) is 25.9. The normalized spacial score (nSPS) is 19.4. The number of β-lactam (4-membered cyclic amide) rings is 1. The highest BCUT2D eigenvalue weighted by molar-refractivity contribution is 8.00. The average molecular weight is 515 g/mol. The largest absolute Gasteiger partial charge is 0.497 e. The molecule has 2 heterocycles. The monoisotopic (exact) mass is 514 g/mol. The maximum Gasteiger partial charge on any atom is 0.352 e. The van der Waals surface area contributed by atoms with Crippen molar-refractivity contribution >= 4 is 29.5 Å². The van der Waals surface area contributed by atoms with E-state index in [1.54, 1.807) is 7.11 Å². The van der Waals surface area contributed by atoms with Gasteiger partial charge in [-0.05, 0) is 34.9 Å². The molecule has 0 aromatic heterocycles. The average Bonchev–Trinajstić information content (AvgIpc) is 2.91. The SMILES string of the molecule is COc1cccc(C(C(=O)NC2C=C(C(=O)O)N3C(=O)C[C@H]3S2)C(c2ccccc2)c2ccccc2)c1. The minimum Gasteiger partial charge on any atom is -0.497 e. The Morgan fingerprint density at radius 1 is 0.973 bits per heavy atom. The molecule has 7 nitrogen and oxygen atoms in total. The lowest BCUT2D eigenvalue weighted by atomic mass is 9.76. The van der Waals surface area contributed by atoms with Crippen LogP contribution in [0.25, 0.3) is 0 Å². The first-order valence-corrected chi connectivity index (χ1v) is 12.9. The Balaban J connectivity index is 1.56. The number of methoxy groups -OCH3 is 1. The summed E-state index contributed by atoms with van der Waals surface area (Å²) in [5, 5.41) is 11.8. The van der Waals surface area contributed by atoms with Gasteiger partial charge in [0.25, 0.3) is 0 Å². The third-order valence-electron chi connectivity index (χ3n) is 6.67. The summed E-state index contributed by atoms with van der Waals surface area (Å²) in [4.78, 5) is 39.2. The molecular formula is C29H26N2O5S. The highest BCUT2D eigenvalue weighted by atomic mass is 32.2. The van der Waals surface area contributed by atoms with Crippen LogP contribution >= 0.6 is 11.8 Å². The van der Waals surface area contributed by atoms with Crippen LogP contribution in [0.5, 0.6) is 5.75 Å². The molecule has 3 aromatic carbocycles. The van der Waals surface area contributed by atoms with E-state index in [4.69, 9.17) is 4.74 Å². The topological polar surface area (TPSA) is 95.9 Å². The summed E-state index contributed by atoms with van der Waals surface area (Å²) in [6.07, 6.45) is 1.69. The van der Waals surface area contributed by atoms with Crippen LogP contribution in [0.4, 0.5) is 0 Å². The lowest BCUT2D eigenvalue weighted by molar-refractivity contribution is -0.146. The van der Waals surface area contributed by atoms with Gasteiger partial charge in [0.05, 0.1) is 30.2 Å². The number of thioether (sulfide) groups is 1. The lowest BCUT2D eigenvalue weighted by Gasteiger charge is -2.44. The van der Waals surface area contributed by atoms with Crippen molar-refractivity contribution in [2.75, 3.05) is 7.11 Å². The zero-order valence-corrected chi connectivity index (χ0v) is 20.9. The molecule has 188 valence electrons. The summed E-state index contributed by atoms with van der Waals surface area (Å²) in [5.74, 6) is -1.97. The number of benzene rings is 3. The fourth-order valence-corrected chi connectivity index (χ4v) is 6.25. The molecule has 2 amide bonds. The molecule has 0 saturated carbocycles. The van der Waals surface area contributed by atoms with Gasteiger partial charge in [0.2, 0.25) is 11.8 Å². The van der Waals surface area contributed by atoms with Gasteiger partial charge in [0.15, 0.2) is 0 Å². The Bertz CT molecular complexity index is 1310. The number of nitrogens with zero attached hydrogens (tertiary/aromatic N) is 1. The number of carboxylic acid groups (broad SMARTS) is 1. The Morgan fingerprint density at radius 2 is 1.59 bits per heavy atom. The number of hydrogen-bond donors (Lipinski definition) is 2. The van der Waals surface area contributed by atoms with E-state index in [1.807, 2.05) is 84.9 Å². The molecule has 0 bridgehead atoms. The molecule has 0 spiro atoms. The number of nitrogens with one attached hydrogen (secondary N) is 1. The maximum atomic E-state index is 14.1. The molecule has 3 aromatic rings. The first kappa shape index (κ1) is 24.6. The van der Waals surface area contributed by atoms with Crippen LogP contribution in [-0.2, 0) is 14.4 Å². The predicted octanol–water partition coefficient (Wildman–Crippen LogP) is 4.33. The van der Waals surface area contributed by atoms with Gasteiger partial charge in [0.1, 0.15) is 11.4 Å². The number of carboxylic acids is 1. The second-order valence-electron chi connectivity index (χ2n) is 8.90. The number of carbonyl (C=O) groups is 3. The third kappa shape index (κ3) is 4.97. The molecule has 2 aliphatic rings. The summed E-state index contributed by atoms with van der Waals surface area (Å²) in [6.45, 7) is 0. The fourth-order valence-electron chi connectivity index (χ4n) is 4.93. The quantitative estimate of drug-likeness (QED) is 0.435. The Morgan fingerprint density at radius 3 is 2.16 bits per heavy atom. The molecule has 8 heteroatoms. The van der Waals surface area contributed by atoms with Gasteiger partial charge in [-0.25, -0.2) is 4.79 Å². The minimum atomic E-state index is -1.19. The highest BCUT2D eigenvalue weighted by Crippen LogP contribution is 2.42. The van der Waals surface area contributed by atoms with E-state index in [2.05, 4.69) is 5.32 Å². The highest BCUT2D eigenvalue weighted by Gasteiger charge is 2.46. The number of rotatable bonds is 8. The summed E-state index contributed by atoms with van der Waals surface area (Å²) in [5.41, 5.74) is 2.64. The second-order valence-corrected chi connectivity index (χ2v) is 10.2. The molecule has 5 rings (SSSR count). The van der Waals surface area contributed by atoms with Crippen LogP contribution in [0, 0.1) is 0 Å². The van der Waals surface area contributed by atoms with E-state index in [9.17, 15) is 19.5 Å². The smallest absolute Gasteiger partial charge is 0.352 e. The van der Waals surface area contributed by atoms with Crippen molar-refractivity contribution in [1.82, 2.24) is 10.2 Å². The minimum absolute atomic E-state index is 0.0918. The van der Waals surface area contributed by atoms with Gasteiger partial charge in [-0.3, -0.25) is 14.5 Å². The fraction of sp³-hybridized carbons (Fsp3) is 0.207. The van der Waals surface area contributed by atoms with Gasteiger partial charge in [-0.15, -0.1) is 11.8 Å². The molecule has 0 aliphatic carbocycles. The Labute approximate surface area is 219 Å². The van der Waals surface area contributed by atoms with Gasteiger partial charge >= 0.3 is 5.97 Å². The first-order chi connectivity index (χ1) is 18.0. The van der Waals surface area contributed by atoms with Crippen LogP contribution in [0.15, 0.2) is 96.7 Å². The van der Waals surface area contributed by atoms with Crippen molar-refractivity contribution < 1.29 is 24.2 Å². The molecule has 1 fully saturated rings. The van der Waals surface area contributed by atoms with Crippen molar-refractivity contribution in [3.8, 4) is 5.75 Å². The predicted molar refractivity (Wildman–Crippen MR) is 141 cm³/mol. The number of aliphatic carboxylic acids is 1. The van der Waals surface area contributed by atoms with Crippen molar-refractivity contribution in [3.63, 3.8) is 0 Å². The summed E-state index contributed by atoms with van der Waals surface area (Å²) in [6, 6.07) is 27.2. The summed E-state index contributed by atoms with van der Waals surface area (Å²) < 4.78 is 5.46. The molecule has 2 aliphatic heterocycles. The summed E-state index contributed by atoms with van der Waals surface area (Å²) >= 11 is 1.37. The van der Waals surface area contributed by atoms with Crippen molar-refractivity contribution in [2.45, 2.75) is 29.0 Å². The number of fused-ring (bicyclic) bond motifs is 1. The van der Waals surface area contributed by atoms with E-state index >= 15 is 0 Å². The molecular weight excluding hydrogens is 488 g/mol. The molecule has 0 radical (unpaired) electrons. The summed E-state index contributed by atoms with van der Waals surface area (Å²) in [7, 11) is 1.59. The second kappa shape index (κ2) is 10.5. The number of carbonyl (C=O) groups excluding carboxylic acids is 2. The van der Waals surface area contributed by atoms with Gasteiger partial charge < -0.3 is 15.2 Å². The van der Waals surface area contributed by atoms with Crippen molar-refractivity contribution in [3.05, 3.63) is 113 Å². The van der Waals surface area contributed by atoms with Crippen molar-refractivity contribution in [1.29, 1.82) is 0 Å².